The molecule has 18 heavy (non-hydrogen) atoms. The van der Waals surface area contributed by atoms with Gasteiger partial charge in [-0.25, -0.2) is 0 Å². The maximum absolute atomic E-state index is 5.54. The Morgan fingerprint density at radius 2 is 2.11 bits per heavy atom. The van der Waals surface area contributed by atoms with Crippen molar-refractivity contribution in [2.24, 2.45) is 11.7 Å². The second-order valence-electron chi connectivity index (χ2n) is 5.61. The predicted octanol–water partition coefficient (Wildman–Crippen LogP) is 1.00. The van der Waals surface area contributed by atoms with Crippen LogP contribution in [0.1, 0.15) is 37.8 Å². The number of likely N-dealkylation sites (tertiary alicyclic amines) is 1. The van der Waals surface area contributed by atoms with Crippen molar-refractivity contribution in [2.45, 2.75) is 51.2 Å². The van der Waals surface area contributed by atoms with Crippen LogP contribution < -0.4 is 5.73 Å². The van der Waals surface area contributed by atoms with Gasteiger partial charge in [-0.1, -0.05) is 18.1 Å². The summed E-state index contributed by atoms with van der Waals surface area (Å²) in [6, 6.07) is 0.844. The molecule has 5 nitrogen and oxygen atoms in total. The Morgan fingerprint density at radius 3 is 2.94 bits per heavy atom. The molecule has 2 fully saturated rings. The highest BCUT2D eigenvalue weighted by Crippen LogP contribution is 2.35. The van der Waals surface area contributed by atoms with Gasteiger partial charge in [0.1, 0.15) is 0 Å². The lowest BCUT2D eigenvalue weighted by Gasteiger charge is -2.31. The highest BCUT2D eigenvalue weighted by molar-refractivity contribution is 4.92. The summed E-state index contributed by atoms with van der Waals surface area (Å²) in [6.07, 6.45) is 9.07. The topological polar surface area (TPSA) is 60.0 Å². The van der Waals surface area contributed by atoms with E-state index in [1.54, 1.807) is 0 Å². The fourth-order valence-electron chi connectivity index (χ4n) is 3.55. The lowest BCUT2D eigenvalue weighted by atomic mass is 9.85. The first kappa shape index (κ1) is 12.1. The Bertz CT molecular complexity index is 388. The Labute approximate surface area is 108 Å². The first-order valence-electron chi connectivity index (χ1n) is 7.20. The molecule has 0 amide bonds. The van der Waals surface area contributed by atoms with E-state index in [0.717, 1.165) is 30.7 Å². The van der Waals surface area contributed by atoms with E-state index >= 15 is 0 Å². The molecule has 1 saturated heterocycles. The fourth-order valence-corrected chi connectivity index (χ4v) is 3.55. The standard InChI is InChI=1S/C13H23N5/c14-9-12-10-18(16-15-12)8-7-17-6-5-11-3-1-2-4-13(11)17/h10-11,13H,1-9,14H2. The zero-order valence-electron chi connectivity index (χ0n) is 11.0. The largest absolute Gasteiger partial charge is 0.325 e. The van der Waals surface area contributed by atoms with Crippen LogP contribution in [0.4, 0.5) is 0 Å². The van der Waals surface area contributed by atoms with E-state index in [4.69, 9.17) is 5.73 Å². The molecule has 2 N–H and O–H groups in total. The molecule has 1 aromatic rings. The zero-order chi connectivity index (χ0) is 12.4. The number of rotatable bonds is 4. The molecule has 100 valence electrons. The summed E-state index contributed by atoms with van der Waals surface area (Å²) in [5.74, 6) is 0.967. The molecule has 2 aliphatic rings. The van der Waals surface area contributed by atoms with E-state index in [0.29, 0.717) is 6.54 Å². The van der Waals surface area contributed by atoms with Gasteiger partial charge >= 0.3 is 0 Å². The van der Waals surface area contributed by atoms with Crippen LogP contribution in [-0.4, -0.2) is 39.0 Å². The number of nitrogens with two attached hydrogens (primary N) is 1. The third kappa shape index (κ3) is 2.42. The molecule has 2 heterocycles. The number of hydrogen-bond donors (Lipinski definition) is 1. The Kier molecular flexibility index (Phi) is 3.61. The normalized spacial score (nSPS) is 28.5. The van der Waals surface area contributed by atoms with Gasteiger partial charge < -0.3 is 5.73 Å². The van der Waals surface area contributed by atoms with Crippen molar-refractivity contribution in [3.63, 3.8) is 0 Å². The summed E-state index contributed by atoms with van der Waals surface area (Å²) >= 11 is 0. The molecule has 1 aliphatic carbocycles. The van der Waals surface area contributed by atoms with E-state index in [-0.39, 0.29) is 0 Å². The van der Waals surface area contributed by atoms with Crippen molar-refractivity contribution in [1.29, 1.82) is 0 Å². The molecule has 0 bridgehead atoms. The number of hydrogen-bond acceptors (Lipinski definition) is 4. The summed E-state index contributed by atoms with van der Waals surface area (Å²) in [5.41, 5.74) is 6.42. The van der Waals surface area contributed by atoms with Gasteiger partial charge in [0.2, 0.25) is 0 Å². The quantitative estimate of drug-likeness (QED) is 0.865. The van der Waals surface area contributed by atoms with Crippen LogP contribution in [0.3, 0.4) is 0 Å². The van der Waals surface area contributed by atoms with Gasteiger partial charge in [0.05, 0.1) is 12.2 Å². The molecule has 1 saturated carbocycles. The lowest BCUT2D eigenvalue weighted by molar-refractivity contribution is 0.175. The van der Waals surface area contributed by atoms with Gasteiger partial charge in [-0.3, -0.25) is 9.58 Å². The smallest absolute Gasteiger partial charge is 0.0962 e. The monoisotopic (exact) mass is 249 g/mol. The average Bonchev–Trinajstić information content (AvgIpc) is 3.03. The third-order valence-corrected chi connectivity index (χ3v) is 4.54. The van der Waals surface area contributed by atoms with E-state index in [2.05, 4.69) is 15.2 Å². The SMILES string of the molecule is NCc1cn(CCN2CCC3CCCCC32)nn1. The molecule has 1 aromatic heterocycles. The molecule has 0 spiro atoms. The van der Waals surface area contributed by atoms with Gasteiger partial charge in [0.15, 0.2) is 0 Å². The minimum atomic E-state index is 0.481. The Hall–Kier alpha value is -0.940. The Balaban J connectivity index is 1.53. The molecule has 0 radical (unpaired) electrons. The maximum atomic E-state index is 5.54. The van der Waals surface area contributed by atoms with Crippen LogP contribution in [0.5, 0.6) is 0 Å². The summed E-state index contributed by atoms with van der Waals surface area (Å²) in [7, 11) is 0. The van der Waals surface area contributed by atoms with Crippen LogP contribution in [0, 0.1) is 5.92 Å². The molecular weight excluding hydrogens is 226 g/mol. The molecule has 2 atom stereocenters. The van der Waals surface area contributed by atoms with E-state index in [1.807, 2.05) is 10.9 Å². The summed E-state index contributed by atoms with van der Waals surface area (Å²) in [5, 5.41) is 8.14. The van der Waals surface area contributed by atoms with Gasteiger partial charge in [-0.05, 0) is 31.7 Å². The first-order valence-corrected chi connectivity index (χ1v) is 7.20. The highest BCUT2D eigenvalue weighted by atomic mass is 15.4. The predicted molar refractivity (Wildman–Crippen MR) is 69.8 cm³/mol. The van der Waals surface area contributed by atoms with Gasteiger partial charge in [0.25, 0.3) is 0 Å². The molecule has 5 heteroatoms. The molecule has 2 unspecified atom stereocenters. The minimum absolute atomic E-state index is 0.481. The van der Waals surface area contributed by atoms with Crippen LogP contribution in [0.2, 0.25) is 0 Å². The van der Waals surface area contributed by atoms with Gasteiger partial charge in [-0.15, -0.1) is 5.10 Å². The van der Waals surface area contributed by atoms with Crippen molar-refractivity contribution >= 4 is 0 Å². The summed E-state index contributed by atoms with van der Waals surface area (Å²) < 4.78 is 1.93. The van der Waals surface area contributed by atoms with Gasteiger partial charge in [0, 0.05) is 25.3 Å². The maximum Gasteiger partial charge on any atom is 0.0962 e. The number of nitrogens with zero attached hydrogens (tertiary/aromatic N) is 4. The molecule has 3 rings (SSSR count). The number of fused-ring (bicyclic) bond motifs is 1. The van der Waals surface area contributed by atoms with Crippen molar-refractivity contribution in [2.75, 3.05) is 13.1 Å². The van der Waals surface area contributed by atoms with E-state index in [9.17, 15) is 0 Å². The van der Waals surface area contributed by atoms with Crippen LogP contribution in [-0.2, 0) is 13.1 Å². The second kappa shape index (κ2) is 5.36. The van der Waals surface area contributed by atoms with Crippen molar-refractivity contribution in [3.05, 3.63) is 11.9 Å². The third-order valence-electron chi connectivity index (χ3n) is 4.54. The molecule has 1 aliphatic heterocycles. The minimum Gasteiger partial charge on any atom is -0.325 e. The second-order valence-corrected chi connectivity index (χ2v) is 5.61. The average molecular weight is 249 g/mol. The zero-order valence-corrected chi connectivity index (χ0v) is 11.0. The van der Waals surface area contributed by atoms with Crippen molar-refractivity contribution in [1.82, 2.24) is 19.9 Å². The van der Waals surface area contributed by atoms with Crippen molar-refractivity contribution in [3.8, 4) is 0 Å². The summed E-state index contributed by atoms with van der Waals surface area (Å²) in [4.78, 5) is 2.66. The van der Waals surface area contributed by atoms with Crippen molar-refractivity contribution < 1.29 is 0 Å². The Morgan fingerprint density at radius 1 is 1.22 bits per heavy atom. The van der Waals surface area contributed by atoms with Crippen LogP contribution in [0.25, 0.3) is 0 Å². The summed E-state index contributed by atoms with van der Waals surface area (Å²) in [6.45, 7) is 3.80. The van der Waals surface area contributed by atoms with E-state index in [1.165, 1.54) is 38.6 Å². The molecule has 0 aromatic carbocycles. The first-order chi connectivity index (χ1) is 8.86. The highest BCUT2D eigenvalue weighted by Gasteiger charge is 2.35. The number of aromatic nitrogens is 3. The molecular formula is C13H23N5. The van der Waals surface area contributed by atoms with Crippen LogP contribution >= 0.6 is 0 Å². The lowest BCUT2D eigenvalue weighted by Crippen LogP contribution is -2.36. The fraction of sp³-hybridized carbons (Fsp3) is 0.846. The van der Waals surface area contributed by atoms with E-state index < -0.39 is 0 Å². The van der Waals surface area contributed by atoms with Gasteiger partial charge in [-0.2, -0.15) is 0 Å². The van der Waals surface area contributed by atoms with Crippen LogP contribution in [0.15, 0.2) is 6.20 Å².